The number of aliphatic imine (C=N–C) groups is 1. The van der Waals surface area contributed by atoms with E-state index in [4.69, 9.17) is 0 Å². The molecule has 11 heteroatoms. The van der Waals surface area contributed by atoms with E-state index in [0.717, 1.165) is 26.2 Å². The number of carbonyl (C=O) groups excluding carboxylic acids is 1. The van der Waals surface area contributed by atoms with E-state index in [1.165, 1.54) is 29.2 Å². The summed E-state index contributed by atoms with van der Waals surface area (Å²) in [4.78, 5) is 36.6. The average molecular weight is 506 g/mol. The predicted octanol–water partition coefficient (Wildman–Crippen LogP) is 4.37. The number of thioether (sulfide) groups is 1. The van der Waals surface area contributed by atoms with Crippen LogP contribution in [0.3, 0.4) is 0 Å². The van der Waals surface area contributed by atoms with Crippen LogP contribution in [0, 0.1) is 20.8 Å². The highest BCUT2D eigenvalue weighted by atomic mass is 32.2. The summed E-state index contributed by atoms with van der Waals surface area (Å²) in [5.41, 5.74) is 3.52. The van der Waals surface area contributed by atoms with Crippen LogP contribution in [-0.2, 0) is 5.75 Å². The normalized spacial score (nSPS) is 11.3. The minimum absolute atomic E-state index is 0.0715. The average Bonchev–Trinajstić information content (AvgIpc) is 3.25. The molecule has 0 fully saturated rings. The molecule has 0 radical (unpaired) electrons. The van der Waals surface area contributed by atoms with Crippen molar-refractivity contribution in [1.29, 1.82) is 0 Å². The fourth-order valence-electron chi connectivity index (χ4n) is 3.14. The summed E-state index contributed by atoms with van der Waals surface area (Å²) < 4.78 is 0.793. The summed E-state index contributed by atoms with van der Waals surface area (Å²) in [7, 11) is 0. The van der Waals surface area contributed by atoms with Gasteiger partial charge in [-0.1, -0.05) is 59.0 Å². The Morgan fingerprint density at radius 3 is 2.60 bits per heavy atom. The molecule has 9 nitrogen and oxygen atoms in total. The van der Waals surface area contributed by atoms with E-state index in [1.54, 1.807) is 24.3 Å². The summed E-state index contributed by atoms with van der Waals surface area (Å²) >= 11 is 2.92. The van der Waals surface area contributed by atoms with Crippen LogP contribution in [-0.4, -0.2) is 32.0 Å². The molecule has 4 aromatic rings. The lowest BCUT2D eigenvalue weighted by Crippen LogP contribution is -2.36. The molecule has 0 spiro atoms. The fraction of sp³-hybridized carbons (Fsp3) is 0.167. The molecule has 178 valence electrons. The van der Waals surface area contributed by atoms with Crippen LogP contribution < -0.4 is 16.2 Å². The number of nitrogens with one attached hydrogen (secondary N) is 3. The van der Waals surface area contributed by atoms with E-state index in [2.05, 4.69) is 35.8 Å². The first-order chi connectivity index (χ1) is 16.9. The Labute approximate surface area is 210 Å². The number of carbonyl (C=O) groups is 1. The zero-order valence-electron chi connectivity index (χ0n) is 19.3. The fourth-order valence-corrected chi connectivity index (χ4v) is 4.84. The van der Waals surface area contributed by atoms with Crippen molar-refractivity contribution in [3.05, 3.63) is 92.3 Å². The summed E-state index contributed by atoms with van der Waals surface area (Å²) in [5, 5.41) is 14.9. The number of benzene rings is 2. The Kier molecular flexibility index (Phi) is 7.68. The van der Waals surface area contributed by atoms with Gasteiger partial charge in [-0.2, -0.15) is 4.99 Å². The van der Waals surface area contributed by atoms with Gasteiger partial charge in [-0.25, -0.2) is 4.98 Å². The lowest BCUT2D eigenvalue weighted by atomic mass is 10.1. The van der Waals surface area contributed by atoms with Crippen molar-refractivity contribution in [2.24, 2.45) is 4.99 Å². The van der Waals surface area contributed by atoms with Gasteiger partial charge in [-0.05, 0) is 44.5 Å². The van der Waals surface area contributed by atoms with Crippen molar-refractivity contribution in [1.82, 2.24) is 25.5 Å². The number of nitrogens with zero attached hydrogens (tertiary/aromatic N) is 4. The van der Waals surface area contributed by atoms with Crippen LogP contribution in [0.25, 0.3) is 0 Å². The number of aromatic amines is 1. The van der Waals surface area contributed by atoms with Crippen LogP contribution in [0.15, 0.2) is 68.7 Å². The lowest BCUT2D eigenvalue weighted by Gasteiger charge is -2.14. The Balaban J connectivity index is 1.62. The standard InChI is InChI=1S/C24H23N7O2S2/c1-14-9-10-19(15(2)11-14)26-23(28-21(33)17-7-5-4-6-8-17)29-22-25-18(12-20(32)27-22)13-34-24-31-30-16(3)35-24/h4-12H,13H2,1-3H3,(H3,25,26,27,28,29,32,33). The van der Waals surface area contributed by atoms with Crippen LogP contribution in [0.2, 0.25) is 0 Å². The van der Waals surface area contributed by atoms with Crippen LogP contribution in [0.5, 0.6) is 0 Å². The molecule has 1 amide bonds. The monoisotopic (exact) mass is 505 g/mol. The number of hydrogen-bond donors (Lipinski definition) is 3. The van der Waals surface area contributed by atoms with Crippen molar-refractivity contribution in [2.75, 3.05) is 5.32 Å². The second-order valence-electron chi connectivity index (χ2n) is 7.66. The van der Waals surface area contributed by atoms with Crippen molar-refractivity contribution in [2.45, 2.75) is 30.9 Å². The topological polar surface area (TPSA) is 125 Å². The van der Waals surface area contributed by atoms with Gasteiger partial charge in [0, 0.05) is 23.1 Å². The minimum atomic E-state index is -0.345. The van der Waals surface area contributed by atoms with Gasteiger partial charge in [-0.15, -0.1) is 10.2 Å². The van der Waals surface area contributed by atoms with Gasteiger partial charge in [0.05, 0.1) is 5.69 Å². The molecular formula is C24H23N7O2S2. The molecule has 0 bridgehead atoms. The van der Waals surface area contributed by atoms with E-state index in [1.807, 2.05) is 45.0 Å². The molecular weight excluding hydrogens is 482 g/mol. The molecule has 3 N–H and O–H groups in total. The van der Waals surface area contributed by atoms with Crippen molar-refractivity contribution in [3.63, 3.8) is 0 Å². The Morgan fingerprint density at radius 1 is 1.09 bits per heavy atom. The van der Waals surface area contributed by atoms with Gasteiger partial charge in [-0.3, -0.25) is 19.9 Å². The number of aromatic nitrogens is 4. The second-order valence-corrected chi connectivity index (χ2v) is 10.1. The van der Waals surface area contributed by atoms with Gasteiger partial charge in [0.1, 0.15) is 5.01 Å². The molecule has 2 aromatic heterocycles. The second kappa shape index (κ2) is 11.1. The smallest absolute Gasteiger partial charge is 0.257 e. The van der Waals surface area contributed by atoms with E-state index in [-0.39, 0.29) is 23.4 Å². The molecule has 4 rings (SSSR count). The molecule has 0 unspecified atom stereocenters. The van der Waals surface area contributed by atoms with Gasteiger partial charge < -0.3 is 5.32 Å². The van der Waals surface area contributed by atoms with E-state index >= 15 is 0 Å². The maximum atomic E-state index is 12.8. The zero-order valence-corrected chi connectivity index (χ0v) is 21.0. The molecule has 2 heterocycles. The maximum absolute atomic E-state index is 12.8. The SMILES string of the molecule is Cc1ccc(N/C(=N\c2nc(CSc3nnc(C)s3)cc(=O)[nH]2)NC(=O)c2ccccc2)c(C)c1. The third-order valence-corrected chi connectivity index (χ3v) is 6.76. The highest BCUT2D eigenvalue weighted by molar-refractivity contribution is 8.00. The number of anilines is 1. The Hall–Kier alpha value is -3.83. The highest BCUT2D eigenvalue weighted by Crippen LogP contribution is 2.25. The van der Waals surface area contributed by atoms with Gasteiger partial charge in [0.2, 0.25) is 11.9 Å². The molecule has 0 aliphatic rings. The van der Waals surface area contributed by atoms with Crippen molar-refractivity contribution in [3.8, 4) is 0 Å². The Morgan fingerprint density at radius 2 is 1.89 bits per heavy atom. The maximum Gasteiger partial charge on any atom is 0.257 e. The first kappa shape index (κ1) is 24.3. The van der Waals surface area contributed by atoms with Gasteiger partial charge in [0.25, 0.3) is 11.5 Å². The molecule has 0 aliphatic heterocycles. The van der Waals surface area contributed by atoms with E-state index < -0.39 is 0 Å². The van der Waals surface area contributed by atoms with E-state index in [0.29, 0.717) is 17.0 Å². The summed E-state index contributed by atoms with van der Waals surface area (Å²) in [6.45, 7) is 5.84. The van der Waals surface area contributed by atoms with Crippen molar-refractivity contribution < 1.29 is 4.79 Å². The summed E-state index contributed by atoms with van der Waals surface area (Å²) in [6.07, 6.45) is 0. The number of guanidine groups is 1. The molecule has 0 saturated heterocycles. The number of rotatable bonds is 6. The third kappa shape index (κ3) is 6.84. The molecule has 35 heavy (non-hydrogen) atoms. The van der Waals surface area contributed by atoms with Crippen LogP contribution >= 0.6 is 23.1 Å². The molecule has 0 atom stereocenters. The van der Waals surface area contributed by atoms with Crippen LogP contribution in [0.1, 0.15) is 32.2 Å². The van der Waals surface area contributed by atoms with Gasteiger partial charge in [0.15, 0.2) is 4.34 Å². The minimum Gasteiger partial charge on any atom is -0.325 e. The molecule has 0 aliphatic carbocycles. The first-order valence-electron chi connectivity index (χ1n) is 10.7. The lowest BCUT2D eigenvalue weighted by molar-refractivity contribution is 0.0977. The molecule has 0 saturated carbocycles. The predicted molar refractivity (Wildman–Crippen MR) is 140 cm³/mol. The Bertz CT molecular complexity index is 1430. The third-order valence-electron chi connectivity index (χ3n) is 4.75. The summed E-state index contributed by atoms with van der Waals surface area (Å²) in [5.74, 6) is 0.292. The number of amides is 1. The highest BCUT2D eigenvalue weighted by Gasteiger charge is 2.12. The largest absolute Gasteiger partial charge is 0.325 e. The zero-order chi connectivity index (χ0) is 24.8. The molecule has 2 aromatic carbocycles. The number of aryl methyl sites for hydroxylation is 3. The number of H-pyrrole nitrogens is 1. The van der Waals surface area contributed by atoms with Crippen LogP contribution in [0.4, 0.5) is 11.6 Å². The first-order valence-corrected chi connectivity index (χ1v) is 12.5. The van der Waals surface area contributed by atoms with E-state index in [9.17, 15) is 9.59 Å². The quantitative estimate of drug-likeness (QED) is 0.202. The van der Waals surface area contributed by atoms with Gasteiger partial charge >= 0.3 is 0 Å². The van der Waals surface area contributed by atoms with Crippen molar-refractivity contribution >= 4 is 46.6 Å². The number of hydrogen-bond acceptors (Lipinski definition) is 8. The summed E-state index contributed by atoms with van der Waals surface area (Å²) in [6, 6.07) is 16.1.